The molecule has 0 spiro atoms. The van der Waals surface area contributed by atoms with Crippen LogP contribution in [-0.4, -0.2) is 33.0 Å². The van der Waals surface area contributed by atoms with Crippen LogP contribution in [0.3, 0.4) is 0 Å². The summed E-state index contributed by atoms with van der Waals surface area (Å²) in [7, 11) is 0. The van der Waals surface area contributed by atoms with Gasteiger partial charge in [-0.05, 0) is 36.5 Å². The quantitative estimate of drug-likeness (QED) is 0.642. The highest BCUT2D eigenvalue weighted by Gasteiger charge is 2.23. The Morgan fingerprint density at radius 3 is 2.24 bits per heavy atom. The highest BCUT2D eigenvalue weighted by atomic mass is 16.2. The minimum absolute atomic E-state index is 0.104. The van der Waals surface area contributed by atoms with E-state index in [0.29, 0.717) is 36.6 Å². The van der Waals surface area contributed by atoms with Crippen LogP contribution in [0.5, 0.6) is 0 Å². The molecule has 1 aliphatic rings. The molecule has 0 aliphatic carbocycles. The SMILES string of the molecule is CC1CCCN(C(=O)Cn2c(=O)c(=O)n(Cc3ccccc3)c3ccccc32)C1. The number of nitrogens with zero attached hydrogens (tertiary/aromatic N) is 3. The molecule has 29 heavy (non-hydrogen) atoms. The molecule has 1 unspecified atom stereocenters. The Kier molecular flexibility index (Phi) is 5.34. The lowest BCUT2D eigenvalue weighted by atomic mass is 10.0. The smallest absolute Gasteiger partial charge is 0.317 e. The second kappa shape index (κ2) is 8.07. The summed E-state index contributed by atoms with van der Waals surface area (Å²) in [4.78, 5) is 40.5. The van der Waals surface area contributed by atoms with Gasteiger partial charge in [-0.1, -0.05) is 49.4 Å². The number of hydrogen-bond acceptors (Lipinski definition) is 3. The first-order chi connectivity index (χ1) is 14.0. The van der Waals surface area contributed by atoms with E-state index in [1.54, 1.807) is 6.07 Å². The largest absolute Gasteiger partial charge is 0.341 e. The number of piperidine rings is 1. The van der Waals surface area contributed by atoms with Crippen molar-refractivity contribution < 1.29 is 4.79 Å². The van der Waals surface area contributed by atoms with Gasteiger partial charge in [-0.2, -0.15) is 0 Å². The van der Waals surface area contributed by atoms with Crippen molar-refractivity contribution >= 4 is 16.9 Å². The molecule has 2 aromatic carbocycles. The normalized spacial score (nSPS) is 16.9. The van der Waals surface area contributed by atoms with Crippen LogP contribution in [0.4, 0.5) is 0 Å². The fraction of sp³-hybridized carbons (Fsp3) is 0.348. The first kappa shape index (κ1) is 19.2. The third-order valence-corrected chi connectivity index (χ3v) is 5.62. The molecule has 0 saturated carbocycles. The molecule has 2 heterocycles. The molecule has 1 aromatic heterocycles. The fourth-order valence-corrected chi connectivity index (χ4v) is 4.10. The Bertz CT molecular complexity index is 1150. The molecule has 0 bridgehead atoms. The number of rotatable bonds is 4. The molecule has 0 radical (unpaired) electrons. The second-order valence-electron chi connectivity index (χ2n) is 7.84. The van der Waals surface area contributed by atoms with Crippen LogP contribution in [-0.2, 0) is 17.9 Å². The van der Waals surface area contributed by atoms with Crippen molar-refractivity contribution in [3.05, 3.63) is 80.9 Å². The van der Waals surface area contributed by atoms with E-state index in [-0.39, 0.29) is 12.5 Å². The summed E-state index contributed by atoms with van der Waals surface area (Å²) >= 11 is 0. The topological polar surface area (TPSA) is 64.3 Å². The summed E-state index contributed by atoms with van der Waals surface area (Å²) in [5.41, 5.74) is 0.938. The zero-order valence-corrected chi connectivity index (χ0v) is 16.6. The predicted molar refractivity (Wildman–Crippen MR) is 113 cm³/mol. The van der Waals surface area contributed by atoms with E-state index >= 15 is 0 Å². The predicted octanol–water partition coefficient (Wildman–Crippen LogP) is 2.47. The van der Waals surface area contributed by atoms with Crippen molar-refractivity contribution in [3.8, 4) is 0 Å². The van der Waals surface area contributed by atoms with Crippen LogP contribution >= 0.6 is 0 Å². The van der Waals surface area contributed by atoms with E-state index in [1.165, 1.54) is 9.13 Å². The average Bonchev–Trinajstić information content (AvgIpc) is 2.75. The standard InChI is InChI=1S/C23H25N3O3/c1-17-8-7-13-24(14-17)21(27)16-26-20-12-6-5-11-19(20)25(22(28)23(26)29)15-18-9-3-2-4-10-18/h2-6,9-12,17H,7-8,13-16H2,1H3. The maximum atomic E-state index is 12.9. The fourth-order valence-electron chi connectivity index (χ4n) is 4.10. The van der Waals surface area contributed by atoms with E-state index in [9.17, 15) is 14.4 Å². The lowest BCUT2D eigenvalue weighted by molar-refractivity contribution is -0.133. The number of carbonyl (C=O) groups is 1. The maximum Gasteiger partial charge on any atom is 0.317 e. The van der Waals surface area contributed by atoms with Crippen molar-refractivity contribution in [1.82, 2.24) is 14.0 Å². The van der Waals surface area contributed by atoms with Crippen LogP contribution in [0.25, 0.3) is 11.0 Å². The molecule has 1 amide bonds. The van der Waals surface area contributed by atoms with Gasteiger partial charge in [-0.25, -0.2) is 0 Å². The summed E-state index contributed by atoms with van der Waals surface area (Å²) in [5, 5.41) is 0. The second-order valence-corrected chi connectivity index (χ2v) is 7.84. The molecule has 4 rings (SSSR count). The van der Waals surface area contributed by atoms with Gasteiger partial charge < -0.3 is 4.90 Å². The number of aromatic nitrogens is 2. The first-order valence-corrected chi connectivity index (χ1v) is 10.1. The number of benzene rings is 2. The van der Waals surface area contributed by atoms with Gasteiger partial charge >= 0.3 is 11.1 Å². The monoisotopic (exact) mass is 391 g/mol. The van der Waals surface area contributed by atoms with Crippen LogP contribution in [0.1, 0.15) is 25.3 Å². The highest BCUT2D eigenvalue weighted by molar-refractivity contribution is 5.80. The van der Waals surface area contributed by atoms with Gasteiger partial charge in [0.15, 0.2) is 0 Å². The molecule has 1 atom stereocenters. The Labute approximate surface area is 169 Å². The summed E-state index contributed by atoms with van der Waals surface area (Å²) in [6, 6.07) is 16.9. The van der Waals surface area contributed by atoms with Crippen molar-refractivity contribution in [2.75, 3.05) is 13.1 Å². The zero-order valence-electron chi connectivity index (χ0n) is 16.6. The van der Waals surface area contributed by atoms with Crippen LogP contribution < -0.4 is 11.1 Å². The molecule has 3 aromatic rings. The number of amides is 1. The number of hydrogen-bond donors (Lipinski definition) is 0. The van der Waals surface area contributed by atoms with Gasteiger partial charge in [-0.15, -0.1) is 0 Å². The molecule has 6 nitrogen and oxygen atoms in total. The minimum atomic E-state index is -0.655. The molecule has 0 N–H and O–H groups in total. The van der Waals surface area contributed by atoms with E-state index in [1.807, 2.05) is 53.4 Å². The lowest BCUT2D eigenvalue weighted by Gasteiger charge is -2.31. The Hall–Kier alpha value is -3.15. The van der Waals surface area contributed by atoms with Crippen LogP contribution in [0.2, 0.25) is 0 Å². The summed E-state index contributed by atoms with van der Waals surface area (Å²) < 4.78 is 2.83. The van der Waals surface area contributed by atoms with Gasteiger partial charge in [0.25, 0.3) is 0 Å². The van der Waals surface area contributed by atoms with Crippen molar-refractivity contribution in [2.45, 2.75) is 32.9 Å². The maximum absolute atomic E-state index is 12.9. The summed E-state index contributed by atoms with van der Waals surface area (Å²) in [6.07, 6.45) is 2.09. The van der Waals surface area contributed by atoms with Crippen molar-refractivity contribution in [1.29, 1.82) is 0 Å². The van der Waals surface area contributed by atoms with E-state index in [4.69, 9.17) is 0 Å². The van der Waals surface area contributed by atoms with Gasteiger partial charge in [0.05, 0.1) is 17.6 Å². The van der Waals surface area contributed by atoms with Gasteiger partial charge in [0.2, 0.25) is 5.91 Å². The molecule has 6 heteroatoms. The van der Waals surface area contributed by atoms with Gasteiger partial charge in [0, 0.05) is 13.1 Å². The average molecular weight is 391 g/mol. The molecule has 150 valence electrons. The van der Waals surface area contributed by atoms with Crippen LogP contribution in [0, 0.1) is 5.92 Å². The number of para-hydroxylation sites is 2. The van der Waals surface area contributed by atoms with Crippen molar-refractivity contribution in [2.24, 2.45) is 5.92 Å². The Morgan fingerprint density at radius 1 is 0.931 bits per heavy atom. The van der Waals surface area contributed by atoms with E-state index < -0.39 is 11.1 Å². The Balaban J connectivity index is 1.75. The third-order valence-electron chi connectivity index (χ3n) is 5.62. The van der Waals surface area contributed by atoms with Crippen LogP contribution in [0.15, 0.2) is 64.2 Å². The number of fused-ring (bicyclic) bond motifs is 1. The molecular formula is C23H25N3O3. The highest BCUT2D eigenvalue weighted by Crippen LogP contribution is 2.17. The minimum Gasteiger partial charge on any atom is -0.341 e. The first-order valence-electron chi connectivity index (χ1n) is 10.1. The lowest BCUT2D eigenvalue weighted by Crippen LogP contribution is -2.46. The summed E-state index contributed by atoms with van der Waals surface area (Å²) in [5.74, 6) is 0.351. The Morgan fingerprint density at radius 2 is 1.55 bits per heavy atom. The zero-order chi connectivity index (χ0) is 20.4. The van der Waals surface area contributed by atoms with Crippen molar-refractivity contribution in [3.63, 3.8) is 0 Å². The summed E-state index contributed by atoms with van der Waals surface area (Å²) in [6.45, 7) is 3.75. The van der Waals surface area contributed by atoms with E-state index in [0.717, 1.165) is 18.4 Å². The van der Waals surface area contributed by atoms with Gasteiger partial charge in [-0.3, -0.25) is 23.5 Å². The number of carbonyl (C=O) groups excluding carboxylic acids is 1. The van der Waals surface area contributed by atoms with E-state index in [2.05, 4.69) is 6.92 Å². The molecule has 1 fully saturated rings. The van der Waals surface area contributed by atoms with Gasteiger partial charge in [0.1, 0.15) is 6.54 Å². The molecule has 1 saturated heterocycles. The molecule has 1 aliphatic heterocycles. The number of likely N-dealkylation sites (tertiary alicyclic amines) is 1. The molecular weight excluding hydrogens is 366 g/mol. The third kappa shape index (κ3) is 3.88.